The average molecular weight is 358 g/mol. The molecule has 0 amide bonds. The topological polar surface area (TPSA) is 69.4 Å². The van der Waals surface area contributed by atoms with E-state index in [9.17, 15) is 17.2 Å². The molecule has 1 rings (SSSR count). The van der Waals surface area contributed by atoms with Crippen molar-refractivity contribution < 1.29 is 21.9 Å². The van der Waals surface area contributed by atoms with E-state index < -0.39 is 21.7 Å². The molecule has 8 heteroatoms. The maximum absolute atomic E-state index is 13.5. The molecule has 0 saturated carbocycles. The zero-order chi connectivity index (χ0) is 14.6. The predicted octanol–water partition coefficient (Wildman–Crippen LogP) is 2.42. The van der Waals surface area contributed by atoms with Gasteiger partial charge in [-0.1, -0.05) is 6.92 Å². The zero-order valence-corrected chi connectivity index (χ0v) is 12.6. The number of halogens is 3. The highest BCUT2D eigenvalue weighted by Gasteiger charge is 2.17. The maximum Gasteiger partial charge on any atom is 0.209 e. The van der Waals surface area contributed by atoms with Crippen molar-refractivity contribution in [2.24, 2.45) is 11.1 Å². The molecule has 0 heterocycles. The molecule has 0 aromatic heterocycles. The monoisotopic (exact) mass is 357 g/mol. The molecule has 0 fully saturated rings. The lowest BCUT2D eigenvalue weighted by molar-refractivity contribution is 0.245. The van der Waals surface area contributed by atoms with Crippen LogP contribution in [-0.2, 0) is 10.0 Å². The van der Waals surface area contributed by atoms with Gasteiger partial charge in [0.1, 0.15) is 5.82 Å². The molecule has 4 nitrogen and oxygen atoms in total. The van der Waals surface area contributed by atoms with E-state index in [-0.39, 0.29) is 28.5 Å². The summed E-state index contributed by atoms with van der Waals surface area (Å²) < 4.78 is 53.6. The van der Waals surface area contributed by atoms with E-state index in [0.29, 0.717) is 12.5 Å². The summed E-state index contributed by atoms with van der Waals surface area (Å²) in [6, 6.07) is 1.76. The number of sulfonamides is 1. The highest BCUT2D eigenvalue weighted by Crippen LogP contribution is 2.29. The number of hydrogen-bond donors (Lipinski definition) is 1. The molecule has 2 N–H and O–H groups in total. The van der Waals surface area contributed by atoms with Crippen LogP contribution in [-0.4, -0.2) is 20.8 Å². The van der Waals surface area contributed by atoms with Crippen molar-refractivity contribution >= 4 is 26.0 Å². The fourth-order valence-electron chi connectivity index (χ4n) is 1.48. The third kappa shape index (κ3) is 5.42. The van der Waals surface area contributed by atoms with Crippen LogP contribution in [0.2, 0.25) is 0 Å². The lowest BCUT2D eigenvalue weighted by Crippen LogP contribution is -2.26. The Labute approximate surface area is 119 Å². The minimum atomic E-state index is -3.61. The summed E-state index contributed by atoms with van der Waals surface area (Å²) in [5, 5.41) is 4.94. The summed E-state index contributed by atoms with van der Waals surface area (Å²) in [5.74, 6) is -2.32. The minimum Gasteiger partial charge on any atom is -0.489 e. The van der Waals surface area contributed by atoms with Gasteiger partial charge in [-0.05, 0) is 28.4 Å². The first-order chi connectivity index (χ1) is 8.73. The van der Waals surface area contributed by atoms with Crippen LogP contribution in [0.3, 0.4) is 0 Å². The molecule has 1 atom stereocenters. The van der Waals surface area contributed by atoms with Crippen LogP contribution < -0.4 is 9.88 Å². The molecule has 19 heavy (non-hydrogen) atoms. The van der Waals surface area contributed by atoms with E-state index in [1.54, 1.807) is 6.92 Å². The lowest BCUT2D eigenvalue weighted by Gasteiger charge is -2.16. The molecule has 0 saturated heterocycles. The Balaban J connectivity index is 2.76. The van der Waals surface area contributed by atoms with Crippen LogP contribution in [0.1, 0.15) is 13.3 Å². The third-order valence-electron chi connectivity index (χ3n) is 2.47. The second kappa shape index (κ2) is 6.62. The molecule has 1 unspecified atom stereocenters. The third-order valence-corrected chi connectivity index (χ3v) is 4.00. The van der Waals surface area contributed by atoms with E-state index in [1.165, 1.54) is 0 Å². The van der Waals surface area contributed by atoms with Crippen LogP contribution >= 0.6 is 15.9 Å². The SMILES string of the molecule is CCC(COc1c(F)cc(F)cc1Br)CS(N)(=O)=O. The van der Waals surface area contributed by atoms with Crippen LogP contribution in [0.4, 0.5) is 8.78 Å². The first kappa shape index (κ1) is 16.3. The summed E-state index contributed by atoms with van der Waals surface area (Å²) in [7, 11) is -3.61. The normalized spacial score (nSPS) is 13.3. The van der Waals surface area contributed by atoms with Gasteiger partial charge in [0.15, 0.2) is 11.6 Å². The van der Waals surface area contributed by atoms with Gasteiger partial charge in [-0.15, -0.1) is 0 Å². The van der Waals surface area contributed by atoms with Gasteiger partial charge in [-0.3, -0.25) is 0 Å². The second-order valence-electron chi connectivity index (χ2n) is 4.11. The van der Waals surface area contributed by atoms with E-state index in [0.717, 1.165) is 6.07 Å². The van der Waals surface area contributed by atoms with Crippen LogP contribution in [0.25, 0.3) is 0 Å². The maximum atomic E-state index is 13.5. The van der Waals surface area contributed by atoms with Crippen molar-refractivity contribution in [2.75, 3.05) is 12.4 Å². The van der Waals surface area contributed by atoms with Gasteiger partial charge in [0.2, 0.25) is 10.0 Å². The van der Waals surface area contributed by atoms with Gasteiger partial charge >= 0.3 is 0 Å². The van der Waals surface area contributed by atoms with Gasteiger partial charge in [0, 0.05) is 12.0 Å². The van der Waals surface area contributed by atoms with Crippen molar-refractivity contribution in [3.8, 4) is 5.75 Å². The summed E-state index contributed by atoms with van der Waals surface area (Å²) in [5.41, 5.74) is 0. The highest BCUT2D eigenvalue weighted by atomic mass is 79.9. The molecule has 108 valence electrons. The fourth-order valence-corrected chi connectivity index (χ4v) is 2.99. The Morgan fingerprint density at radius 1 is 1.42 bits per heavy atom. The number of rotatable bonds is 6. The molecular weight excluding hydrogens is 344 g/mol. The number of primary sulfonamides is 1. The Morgan fingerprint density at radius 2 is 2.05 bits per heavy atom. The summed E-state index contributed by atoms with van der Waals surface area (Å²) in [4.78, 5) is 0. The van der Waals surface area contributed by atoms with Crippen molar-refractivity contribution in [3.63, 3.8) is 0 Å². The van der Waals surface area contributed by atoms with Crippen molar-refractivity contribution in [3.05, 3.63) is 28.2 Å². The molecule has 0 aliphatic carbocycles. The van der Waals surface area contributed by atoms with Crippen molar-refractivity contribution in [1.82, 2.24) is 0 Å². The zero-order valence-electron chi connectivity index (χ0n) is 10.2. The second-order valence-corrected chi connectivity index (χ2v) is 6.63. The number of nitrogens with two attached hydrogens (primary N) is 1. The number of benzene rings is 1. The van der Waals surface area contributed by atoms with E-state index in [1.807, 2.05) is 0 Å². The Morgan fingerprint density at radius 3 is 2.53 bits per heavy atom. The summed E-state index contributed by atoms with van der Waals surface area (Å²) in [6.45, 7) is 1.75. The molecule has 0 radical (unpaired) electrons. The van der Waals surface area contributed by atoms with Gasteiger partial charge in [0.05, 0.1) is 16.8 Å². The predicted molar refractivity (Wildman–Crippen MR) is 71.3 cm³/mol. The van der Waals surface area contributed by atoms with E-state index in [2.05, 4.69) is 15.9 Å². The molecule has 0 bridgehead atoms. The number of hydrogen-bond acceptors (Lipinski definition) is 3. The molecule has 0 aliphatic heterocycles. The van der Waals surface area contributed by atoms with Crippen molar-refractivity contribution in [2.45, 2.75) is 13.3 Å². The molecule has 0 spiro atoms. The van der Waals surface area contributed by atoms with Gasteiger partial charge in [-0.2, -0.15) is 0 Å². The standard InChI is InChI=1S/C11H14BrF2NO3S/c1-2-7(6-19(15,16)17)5-18-11-9(12)3-8(13)4-10(11)14/h3-4,7H,2,5-6H2,1H3,(H2,15,16,17). The fraction of sp³-hybridized carbons (Fsp3) is 0.455. The van der Waals surface area contributed by atoms with E-state index >= 15 is 0 Å². The van der Waals surface area contributed by atoms with Crippen LogP contribution in [0.5, 0.6) is 5.75 Å². The molecule has 1 aromatic rings. The lowest BCUT2D eigenvalue weighted by atomic mass is 10.1. The van der Waals surface area contributed by atoms with Gasteiger partial charge in [0.25, 0.3) is 0 Å². The van der Waals surface area contributed by atoms with E-state index in [4.69, 9.17) is 9.88 Å². The smallest absolute Gasteiger partial charge is 0.209 e. The molecule has 1 aromatic carbocycles. The van der Waals surface area contributed by atoms with Gasteiger partial charge < -0.3 is 4.74 Å². The average Bonchev–Trinajstić information content (AvgIpc) is 2.24. The molecular formula is C11H14BrF2NO3S. The first-order valence-electron chi connectivity index (χ1n) is 5.50. The quantitative estimate of drug-likeness (QED) is 0.849. The summed E-state index contributed by atoms with van der Waals surface area (Å²) >= 11 is 2.98. The summed E-state index contributed by atoms with van der Waals surface area (Å²) in [6.07, 6.45) is 0.511. The molecule has 0 aliphatic rings. The van der Waals surface area contributed by atoms with Crippen LogP contribution in [0, 0.1) is 17.6 Å². The Hall–Kier alpha value is -0.730. The Kier molecular flexibility index (Phi) is 5.69. The largest absolute Gasteiger partial charge is 0.489 e. The van der Waals surface area contributed by atoms with Crippen molar-refractivity contribution in [1.29, 1.82) is 0 Å². The minimum absolute atomic E-state index is 0.0198. The Bertz CT molecular complexity index is 528. The van der Waals surface area contributed by atoms with Crippen LogP contribution in [0.15, 0.2) is 16.6 Å². The van der Waals surface area contributed by atoms with Gasteiger partial charge in [-0.25, -0.2) is 22.3 Å². The highest BCUT2D eigenvalue weighted by molar-refractivity contribution is 9.10. The number of ether oxygens (including phenoxy) is 1. The first-order valence-corrected chi connectivity index (χ1v) is 8.01.